The lowest BCUT2D eigenvalue weighted by Crippen LogP contribution is -2.14. The van der Waals surface area contributed by atoms with Gasteiger partial charge in [0, 0.05) is 19.3 Å². The molecule has 1 aromatic heterocycles. The summed E-state index contributed by atoms with van der Waals surface area (Å²) < 4.78 is 3.91. The highest BCUT2D eigenvalue weighted by atomic mass is 127. The van der Waals surface area contributed by atoms with Crippen molar-refractivity contribution in [2.75, 3.05) is 11.1 Å². The maximum atomic E-state index is 12.2. The van der Waals surface area contributed by atoms with Crippen molar-refractivity contribution in [1.29, 1.82) is 0 Å². The Balaban J connectivity index is 1.68. The SMILES string of the molecule is C=CCn1nc(SCC(=O)Nc2ccc(I)cc2)nc1-c1ccc(Br)cc1. The number of hydrogen-bond donors (Lipinski definition) is 1. The van der Waals surface area contributed by atoms with Crippen molar-refractivity contribution < 1.29 is 4.79 Å². The topological polar surface area (TPSA) is 59.8 Å². The average Bonchev–Trinajstić information content (AvgIpc) is 3.06. The van der Waals surface area contributed by atoms with Crippen LogP contribution in [0.2, 0.25) is 0 Å². The van der Waals surface area contributed by atoms with Gasteiger partial charge in [-0.15, -0.1) is 11.7 Å². The van der Waals surface area contributed by atoms with E-state index >= 15 is 0 Å². The fraction of sp³-hybridized carbons (Fsp3) is 0.105. The largest absolute Gasteiger partial charge is 0.325 e. The molecule has 0 atom stereocenters. The first kappa shape index (κ1) is 20.1. The minimum absolute atomic E-state index is 0.0912. The maximum Gasteiger partial charge on any atom is 0.234 e. The highest BCUT2D eigenvalue weighted by molar-refractivity contribution is 14.1. The summed E-state index contributed by atoms with van der Waals surface area (Å²) in [4.78, 5) is 16.8. The normalized spacial score (nSPS) is 10.6. The fourth-order valence-corrected chi connectivity index (χ4v) is 3.57. The third kappa shape index (κ3) is 5.66. The molecule has 0 saturated carbocycles. The molecule has 0 aliphatic carbocycles. The van der Waals surface area contributed by atoms with Crippen LogP contribution in [0.1, 0.15) is 0 Å². The summed E-state index contributed by atoms with van der Waals surface area (Å²) in [5.74, 6) is 0.901. The summed E-state index contributed by atoms with van der Waals surface area (Å²) in [6.07, 6.45) is 1.77. The number of carbonyl (C=O) groups excluding carboxylic acids is 1. The average molecular weight is 555 g/mol. The molecule has 27 heavy (non-hydrogen) atoms. The Hall–Kier alpha value is -1.65. The van der Waals surface area contributed by atoms with E-state index in [0.29, 0.717) is 11.7 Å². The van der Waals surface area contributed by atoms with Gasteiger partial charge in [-0.25, -0.2) is 9.67 Å². The van der Waals surface area contributed by atoms with Crippen LogP contribution in [0.3, 0.4) is 0 Å². The number of benzene rings is 2. The lowest BCUT2D eigenvalue weighted by atomic mass is 10.2. The molecule has 3 rings (SSSR count). The quantitative estimate of drug-likeness (QED) is 0.247. The molecule has 138 valence electrons. The van der Waals surface area contributed by atoms with Crippen LogP contribution in [0.15, 0.2) is 70.8 Å². The lowest BCUT2D eigenvalue weighted by molar-refractivity contribution is -0.113. The van der Waals surface area contributed by atoms with Gasteiger partial charge in [0.25, 0.3) is 0 Å². The molecule has 0 saturated heterocycles. The van der Waals surface area contributed by atoms with Gasteiger partial charge in [-0.3, -0.25) is 4.79 Å². The number of hydrogen-bond acceptors (Lipinski definition) is 4. The molecule has 0 radical (unpaired) electrons. The van der Waals surface area contributed by atoms with E-state index in [0.717, 1.165) is 25.1 Å². The van der Waals surface area contributed by atoms with Crippen LogP contribution in [0.4, 0.5) is 5.69 Å². The first-order chi connectivity index (χ1) is 13.0. The highest BCUT2D eigenvalue weighted by Gasteiger charge is 2.13. The second-order valence-corrected chi connectivity index (χ2v) is 8.64. The van der Waals surface area contributed by atoms with Crippen molar-refractivity contribution in [3.05, 3.63) is 69.2 Å². The third-order valence-corrected chi connectivity index (χ3v) is 5.60. The van der Waals surface area contributed by atoms with E-state index in [1.165, 1.54) is 11.8 Å². The van der Waals surface area contributed by atoms with Crippen LogP contribution in [0.25, 0.3) is 11.4 Å². The number of aromatic nitrogens is 3. The molecule has 1 N–H and O–H groups in total. The van der Waals surface area contributed by atoms with E-state index in [1.807, 2.05) is 48.5 Å². The van der Waals surface area contributed by atoms with Gasteiger partial charge in [0.15, 0.2) is 5.82 Å². The number of nitrogens with zero attached hydrogens (tertiary/aromatic N) is 3. The highest BCUT2D eigenvalue weighted by Crippen LogP contribution is 2.24. The van der Waals surface area contributed by atoms with Crippen LogP contribution in [-0.2, 0) is 11.3 Å². The van der Waals surface area contributed by atoms with E-state index < -0.39 is 0 Å². The van der Waals surface area contributed by atoms with Crippen molar-refractivity contribution in [2.45, 2.75) is 11.7 Å². The summed E-state index contributed by atoms with van der Waals surface area (Å²) in [5, 5.41) is 7.93. The third-order valence-electron chi connectivity index (χ3n) is 3.52. The number of carbonyl (C=O) groups is 1. The molecule has 0 fully saturated rings. The van der Waals surface area contributed by atoms with Gasteiger partial charge in [-0.2, -0.15) is 0 Å². The van der Waals surface area contributed by atoms with Gasteiger partial charge in [-0.1, -0.05) is 45.9 Å². The molecule has 0 bridgehead atoms. The minimum Gasteiger partial charge on any atom is -0.325 e. The Morgan fingerprint density at radius 3 is 2.59 bits per heavy atom. The lowest BCUT2D eigenvalue weighted by Gasteiger charge is -2.03. The van der Waals surface area contributed by atoms with Crippen LogP contribution in [0, 0.1) is 3.57 Å². The molecule has 0 unspecified atom stereocenters. The minimum atomic E-state index is -0.0912. The summed E-state index contributed by atoms with van der Waals surface area (Å²) in [6.45, 7) is 4.32. The van der Waals surface area contributed by atoms with E-state index in [2.05, 4.69) is 60.5 Å². The maximum absolute atomic E-state index is 12.2. The van der Waals surface area contributed by atoms with Gasteiger partial charge in [0.05, 0.1) is 12.3 Å². The molecular weight excluding hydrogens is 539 g/mol. The number of rotatable bonds is 7. The molecule has 1 heterocycles. The zero-order valence-electron chi connectivity index (χ0n) is 14.2. The number of allylic oxidation sites excluding steroid dienone is 1. The van der Waals surface area contributed by atoms with Crippen LogP contribution in [-0.4, -0.2) is 26.4 Å². The Morgan fingerprint density at radius 2 is 1.93 bits per heavy atom. The molecule has 0 aliphatic heterocycles. The van der Waals surface area contributed by atoms with E-state index in [9.17, 15) is 4.79 Å². The van der Waals surface area contributed by atoms with Crippen molar-refractivity contribution in [3.63, 3.8) is 0 Å². The predicted octanol–water partition coefficient (Wildman–Crippen LogP) is 5.23. The molecule has 2 aromatic carbocycles. The van der Waals surface area contributed by atoms with Crippen molar-refractivity contribution in [2.24, 2.45) is 0 Å². The molecule has 0 spiro atoms. The predicted molar refractivity (Wildman–Crippen MR) is 122 cm³/mol. The number of thioether (sulfide) groups is 1. The van der Waals surface area contributed by atoms with Crippen molar-refractivity contribution in [1.82, 2.24) is 14.8 Å². The van der Waals surface area contributed by atoms with Gasteiger partial charge >= 0.3 is 0 Å². The second kappa shape index (κ2) is 9.52. The van der Waals surface area contributed by atoms with E-state index in [-0.39, 0.29) is 11.7 Å². The number of amides is 1. The summed E-state index contributed by atoms with van der Waals surface area (Å²) in [7, 11) is 0. The van der Waals surface area contributed by atoms with Gasteiger partial charge in [-0.05, 0) is 59.0 Å². The molecular formula is C19H16BrIN4OS. The zero-order chi connectivity index (χ0) is 19.2. The molecule has 5 nitrogen and oxygen atoms in total. The number of anilines is 1. The number of halogens is 2. The molecule has 1 amide bonds. The van der Waals surface area contributed by atoms with Crippen molar-refractivity contribution in [3.8, 4) is 11.4 Å². The van der Waals surface area contributed by atoms with Crippen LogP contribution >= 0.6 is 50.3 Å². The van der Waals surface area contributed by atoms with Crippen LogP contribution < -0.4 is 5.32 Å². The summed E-state index contributed by atoms with van der Waals surface area (Å²) >= 11 is 6.97. The van der Waals surface area contributed by atoms with Crippen molar-refractivity contribution >= 4 is 61.9 Å². The van der Waals surface area contributed by atoms with Gasteiger partial charge in [0.1, 0.15) is 0 Å². The summed E-state index contributed by atoms with van der Waals surface area (Å²) in [6, 6.07) is 15.5. The number of nitrogens with one attached hydrogen (secondary N) is 1. The molecule has 0 aliphatic rings. The monoisotopic (exact) mass is 554 g/mol. The summed E-state index contributed by atoms with van der Waals surface area (Å²) in [5.41, 5.74) is 1.74. The Labute approximate surface area is 183 Å². The van der Waals surface area contributed by atoms with E-state index in [4.69, 9.17) is 0 Å². The first-order valence-electron chi connectivity index (χ1n) is 8.05. The molecule has 8 heteroatoms. The molecule has 3 aromatic rings. The van der Waals surface area contributed by atoms with Gasteiger partial charge < -0.3 is 5.32 Å². The Kier molecular flexibility index (Phi) is 7.08. The smallest absolute Gasteiger partial charge is 0.234 e. The zero-order valence-corrected chi connectivity index (χ0v) is 18.8. The second-order valence-electron chi connectivity index (χ2n) is 5.54. The Morgan fingerprint density at radius 1 is 1.22 bits per heavy atom. The van der Waals surface area contributed by atoms with Crippen LogP contribution in [0.5, 0.6) is 0 Å². The Bertz CT molecular complexity index is 941. The fourth-order valence-electron chi connectivity index (χ4n) is 2.30. The first-order valence-corrected chi connectivity index (χ1v) is 10.9. The van der Waals surface area contributed by atoms with Gasteiger partial charge in [0.2, 0.25) is 11.1 Å². The van der Waals surface area contributed by atoms with E-state index in [1.54, 1.807) is 10.8 Å². The standard InChI is InChI=1S/C19H16BrIN4OS/c1-2-11-25-18(13-3-5-14(20)6-4-13)23-19(24-25)27-12-17(26)22-16-9-7-15(21)8-10-16/h2-10H,1,11-12H2,(H,22,26).